The van der Waals surface area contributed by atoms with E-state index in [2.05, 4.69) is 70.4 Å². The van der Waals surface area contributed by atoms with E-state index >= 15 is 0 Å². The maximum atomic E-state index is 5.76. The van der Waals surface area contributed by atoms with Crippen LogP contribution in [0.25, 0.3) is 0 Å². The summed E-state index contributed by atoms with van der Waals surface area (Å²) in [6.07, 6.45) is 0.922. The van der Waals surface area contributed by atoms with Gasteiger partial charge in [-0.1, -0.05) is 37.3 Å². The number of anilines is 1. The Balaban J connectivity index is 1.68. The molecule has 1 saturated heterocycles. The number of nitrogens with zero attached hydrogens (tertiary/aromatic N) is 6. The van der Waals surface area contributed by atoms with Gasteiger partial charge in [0, 0.05) is 31.7 Å². The van der Waals surface area contributed by atoms with Gasteiger partial charge in [-0.05, 0) is 48.9 Å². The second kappa shape index (κ2) is 9.79. The van der Waals surface area contributed by atoms with Gasteiger partial charge in [0.15, 0.2) is 5.82 Å². The summed E-state index contributed by atoms with van der Waals surface area (Å²) in [4.78, 5) is 4.84. The van der Waals surface area contributed by atoms with Crippen molar-refractivity contribution in [2.24, 2.45) is 0 Å². The number of hydrogen-bond acceptors (Lipinski definition) is 7. The van der Waals surface area contributed by atoms with Gasteiger partial charge >= 0.3 is 0 Å². The number of rotatable bonds is 8. The first-order valence-electron chi connectivity index (χ1n) is 11.5. The lowest BCUT2D eigenvalue weighted by Gasteiger charge is -2.41. The van der Waals surface area contributed by atoms with Gasteiger partial charge in [-0.3, -0.25) is 4.90 Å². The summed E-state index contributed by atoms with van der Waals surface area (Å²) < 4.78 is 13.3. The van der Waals surface area contributed by atoms with E-state index in [1.807, 2.05) is 28.9 Å². The predicted octanol–water partition coefficient (Wildman–Crippen LogP) is 3.75. The first-order chi connectivity index (χ1) is 16.0. The number of tetrazole rings is 1. The van der Waals surface area contributed by atoms with Gasteiger partial charge < -0.3 is 14.4 Å². The molecule has 1 aromatic heterocycles. The number of benzene rings is 2. The van der Waals surface area contributed by atoms with Gasteiger partial charge in [0.1, 0.15) is 17.5 Å². The van der Waals surface area contributed by atoms with Crippen LogP contribution in [0.4, 0.5) is 5.69 Å². The fourth-order valence-electron chi connectivity index (χ4n) is 4.45. The molecule has 1 unspecified atom stereocenters. The maximum Gasteiger partial charge on any atom is 0.173 e. The SMILES string of the molecule is CCC(C)(C)n1nnnc1C(c1ccccc1OC)N1CCN(c2ccccc2OC)CC1. The lowest BCUT2D eigenvalue weighted by Crippen LogP contribution is -2.49. The summed E-state index contributed by atoms with van der Waals surface area (Å²) in [5, 5.41) is 13.0. The third-order valence-electron chi connectivity index (χ3n) is 6.72. The van der Waals surface area contributed by atoms with Crippen molar-refractivity contribution in [3.63, 3.8) is 0 Å². The van der Waals surface area contributed by atoms with Crippen molar-refractivity contribution in [3.8, 4) is 11.5 Å². The molecule has 4 rings (SSSR count). The van der Waals surface area contributed by atoms with E-state index in [1.54, 1.807) is 14.2 Å². The second-order valence-corrected chi connectivity index (χ2v) is 8.95. The van der Waals surface area contributed by atoms with Gasteiger partial charge in [0.25, 0.3) is 0 Å². The lowest BCUT2D eigenvalue weighted by molar-refractivity contribution is 0.184. The van der Waals surface area contributed by atoms with E-state index in [9.17, 15) is 0 Å². The highest BCUT2D eigenvalue weighted by atomic mass is 16.5. The Morgan fingerprint density at radius 1 is 0.909 bits per heavy atom. The number of piperazine rings is 1. The van der Waals surface area contributed by atoms with Crippen LogP contribution in [-0.4, -0.2) is 65.5 Å². The third-order valence-corrected chi connectivity index (χ3v) is 6.72. The van der Waals surface area contributed by atoms with Gasteiger partial charge in [0.2, 0.25) is 0 Å². The number of ether oxygens (including phenoxy) is 2. The molecule has 0 spiro atoms. The first kappa shape index (κ1) is 23.0. The molecule has 3 aromatic rings. The van der Waals surface area contributed by atoms with Crippen LogP contribution < -0.4 is 14.4 Å². The molecule has 0 N–H and O–H groups in total. The molecular weight excluding hydrogens is 416 g/mol. The molecule has 1 aliphatic heterocycles. The van der Waals surface area contributed by atoms with Crippen LogP contribution in [0, 0.1) is 0 Å². The summed E-state index contributed by atoms with van der Waals surface area (Å²) in [6.45, 7) is 9.99. The van der Waals surface area contributed by atoms with E-state index in [4.69, 9.17) is 9.47 Å². The molecule has 8 heteroatoms. The normalized spacial score (nSPS) is 16.0. The molecule has 33 heavy (non-hydrogen) atoms. The average molecular weight is 451 g/mol. The fourth-order valence-corrected chi connectivity index (χ4v) is 4.45. The van der Waals surface area contributed by atoms with Gasteiger partial charge in [-0.15, -0.1) is 5.10 Å². The number of methoxy groups -OCH3 is 2. The van der Waals surface area contributed by atoms with Crippen LogP contribution in [0.15, 0.2) is 48.5 Å². The largest absolute Gasteiger partial charge is 0.496 e. The topological polar surface area (TPSA) is 68.5 Å². The highest BCUT2D eigenvalue weighted by Crippen LogP contribution is 2.37. The quantitative estimate of drug-likeness (QED) is 0.518. The average Bonchev–Trinajstić information content (AvgIpc) is 3.35. The van der Waals surface area contributed by atoms with E-state index in [1.165, 1.54) is 0 Å². The molecule has 176 valence electrons. The van der Waals surface area contributed by atoms with Crippen molar-refractivity contribution in [2.45, 2.75) is 38.8 Å². The Kier molecular flexibility index (Phi) is 6.83. The van der Waals surface area contributed by atoms with Crippen molar-refractivity contribution in [2.75, 3.05) is 45.3 Å². The zero-order valence-electron chi connectivity index (χ0n) is 20.2. The standard InChI is InChI=1S/C25H34N6O2/c1-6-25(2,3)31-24(26-27-28-31)23(19-11-7-9-13-21(19)32-4)30-17-15-29(16-18-30)20-12-8-10-14-22(20)33-5/h7-14,23H,6,15-18H2,1-5H3. The minimum atomic E-state index is -0.196. The Labute approximate surface area is 196 Å². The molecule has 1 aliphatic rings. The van der Waals surface area contributed by atoms with Crippen LogP contribution in [0.3, 0.4) is 0 Å². The summed E-state index contributed by atoms with van der Waals surface area (Å²) >= 11 is 0. The molecule has 2 heterocycles. The van der Waals surface area contributed by atoms with Crippen LogP contribution in [0.2, 0.25) is 0 Å². The minimum Gasteiger partial charge on any atom is -0.496 e. The smallest absolute Gasteiger partial charge is 0.173 e. The number of hydrogen-bond donors (Lipinski definition) is 0. The molecule has 0 aliphatic carbocycles. The Hall–Kier alpha value is -3.13. The molecule has 1 atom stereocenters. The highest BCUT2D eigenvalue weighted by molar-refractivity contribution is 5.58. The molecule has 0 amide bonds. The van der Waals surface area contributed by atoms with Crippen LogP contribution >= 0.6 is 0 Å². The van der Waals surface area contributed by atoms with E-state index < -0.39 is 0 Å². The van der Waals surface area contributed by atoms with Crippen molar-refractivity contribution in [3.05, 3.63) is 59.9 Å². The molecule has 1 fully saturated rings. The zero-order chi connectivity index (χ0) is 23.4. The zero-order valence-corrected chi connectivity index (χ0v) is 20.2. The summed E-state index contributed by atoms with van der Waals surface area (Å²) in [5.41, 5.74) is 2.01. The predicted molar refractivity (Wildman–Crippen MR) is 129 cm³/mol. The third kappa shape index (κ3) is 4.53. The Morgan fingerprint density at radius 3 is 2.21 bits per heavy atom. The summed E-state index contributed by atoms with van der Waals surface area (Å²) in [6, 6.07) is 16.3. The van der Waals surface area contributed by atoms with E-state index in [-0.39, 0.29) is 11.6 Å². The fraction of sp³-hybridized carbons (Fsp3) is 0.480. The lowest BCUT2D eigenvalue weighted by atomic mass is 9.98. The number of para-hydroxylation sites is 3. The van der Waals surface area contributed by atoms with Crippen molar-refractivity contribution < 1.29 is 9.47 Å². The molecule has 8 nitrogen and oxygen atoms in total. The second-order valence-electron chi connectivity index (χ2n) is 8.95. The minimum absolute atomic E-state index is 0.109. The summed E-state index contributed by atoms with van der Waals surface area (Å²) in [7, 11) is 3.44. The van der Waals surface area contributed by atoms with E-state index in [0.717, 1.165) is 61.2 Å². The van der Waals surface area contributed by atoms with Gasteiger partial charge in [-0.2, -0.15) is 0 Å². The van der Waals surface area contributed by atoms with Crippen molar-refractivity contribution in [1.82, 2.24) is 25.1 Å². The van der Waals surface area contributed by atoms with Crippen molar-refractivity contribution in [1.29, 1.82) is 0 Å². The van der Waals surface area contributed by atoms with Crippen LogP contribution in [0.5, 0.6) is 11.5 Å². The van der Waals surface area contributed by atoms with Gasteiger partial charge in [0.05, 0.1) is 25.4 Å². The van der Waals surface area contributed by atoms with E-state index in [0.29, 0.717) is 0 Å². The Morgan fingerprint density at radius 2 is 1.55 bits per heavy atom. The van der Waals surface area contributed by atoms with Crippen LogP contribution in [-0.2, 0) is 5.54 Å². The monoisotopic (exact) mass is 450 g/mol. The molecular formula is C25H34N6O2. The number of aromatic nitrogens is 4. The molecule has 2 aromatic carbocycles. The Bertz CT molecular complexity index is 1060. The summed E-state index contributed by atoms with van der Waals surface area (Å²) in [5.74, 6) is 2.59. The van der Waals surface area contributed by atoms with Gasteiger partial charge in [-0.25, -0.2) is 4.68 Å². The maximum absolute atomic E-state index is 5.76. The van der Waals surface area contributed by atoms with Crippen LogP contribution in [0.1, 0.15) is 44.6 Å². The molecule has 0 radical (unpaired) electrons. The molecule has 0 saturated carbocycles. The first-order valence-corrected chi connectivity index (χ1v) is 11.5. The highest BCUT2D eigenvalue weighted by Gasteiger charge is 2.35. The molecule has 0 bridgehead atoms. The van der Waals surface area contributed by atoms with Crippen molar-refractivity contribution >= 4 is 5.69 Å².